The molecule has 0 radical (unpaired) electrons. The number of rotatable bonds is 2. The van der Waals surface area contributed by atoms with Gasteiger partial charge in [0.2, 0.25) is 0 Å². The van der Waals surface area contributed by atoms with Crippen molar-refractivity contribution in [1.29, 1.82) is 5.26 Å². The molecule has 0 bridgehead atoms. The molecule has 0 fully saturated rings. The summed E-state index contributed by atoms with van der Waals surface area (Å²) in [4.78, 5) is 21.6. The number of amides is 2. The van der Waals surface area contributed by atoms with E-state index >= 15 is 0 Å². The van der Waals surface area contributed by atoms with Gasteiger partial charge in [0.1, 0.15) is 0 Å². The Morgan fingerprint density at radius 3 is 2.92 bits per heavy atom. The third-order valence-corrected chi connectivity index (χ3v) is 1.28. The highest BCUT2D eigenvalue weighted by atomic mass is 16.2. The van der Waals surface area contributed by atoms with E-state index in [2.05, 4.69) is 5.11 Å². The third-order valence-electron chi connectivity index (χ3n) is 1.28. The third kappa shape index (κ3) is 1.83. The molecule has 0 aromatic carbocycles. The fraction of sp³-hybridized carbons (Fsp3) is 0.286. The quantitative estimate of drug-likeness (QED) is 0.538. The monoisotopic (exact) mass is 164 g/mol. The molecule has 5 heteroatoms. The Kier molecular flexibility index (Phi) is 2.43. The van der Waals surface area contributed by atoms with Crippen molar-refractivity contribution in [2.75, 3.05) is 6.54 Å². The highest BCUT2D eigenvalue weighted by Gasteiger charge is 2.22. The minimum atomic E-state index is -0.465. The van der Waals surface area contributed by atoms with Crippen LogP contribution in [0.5, 0.6) is 0 Å². The smallest absolute Gasteiger partial charge is 0.261 e. The molecule has 0 N–H and O–H groups in total. The number of nitriles is 1. The maximum absolute atomic E-state index is 10.9. The summed E-state index contributed by atoms with van der Waals surface area (Å²) in [5.74, 6) is -0.822. The molecule has 60 valence electrons. The van der Waals surface area contributed by atoms with Crippen molar-refractivity contribution in [2.24, 2.45) is 5.11 Å². The van der Waals surface area contributed by atoms with Crippen molar-refractivity contribution >= 4 is 11.8 Å². The number of azo groups is 2. The maximum Gasteiger partial charge on any atom is 0.437 e. The molecule has 0 unspecified atom stereocenters. The maximum atomic E-state index is 10.9. The second kappa shape index (κ2) is 3.53. The lowest BCUT2D eigenvalue weighted by Gasteiger charge is -1.93. The SMILES string of the molecule is N#CCC[N+]1=NC(=O)C=CC1=O. The summed E-state index contributed by atoms with van der Waals surface area (Å²) in [6.45, 7) is 0.172. The van der Waals surface area contributed by atoms with Gasteiger partial charge in [0.15, 0.2) is 6.54 Å². The second-order valence-electron chi connectivity index (χ2n) is 2.14. The Balaban J connectivity index is 2.69. The van der Waals surface area contributed by atoms with Crippen LogP contribution in [0.2, 0.25) is 0 Å². The van der Waals surface area contributed by atoms with E-state index in [1.165, 1.54) is 0 Å². The van der Waals surface area contributed by atoms with Crippen LogP contribution in [0.4, 0.5) is 0 Å². The van der Waals surface area contributed by atoms with Gasteiger partial charge in [0, 0.05) is 11.2 Å². The van der Waals surface area contributed by atoms with Crippen LogP contribution in [0.15, 0.2) is 17.3 Å². The average Bonchev–Trinajstić information content (AvgIpc) is 2.07. The van der Waals surface area contributed by atoms with Crippen molar-refractivity contribution in [1.82, 2.24) is 0 Å². The largest absolute Gasteiger partial charge is 0.437 e. The number of carbonyl (C=O) groups excluding carboxylic acids is 2. The van der Waals surface area contributed by atoms with E-state index in [9.17, 15) is 9.59 Å². The van der Waals surface area contributed by atoms with Gasteiger partial charge in [0.25, 0.3) is 0 Å². The zero-order valence-electron chi connectivity index (χ0n) is 6.23. The molecule has 0 aromatic heterocycles. The molecule has 1 aliphatic rings. The molecule has 0 saturated heterocycles. The van der Waals surface area contributed by atoms with E-state index in [-0.39, 0.29) is 18.9 Å². The van der Waals surface area contributed by atoms with Gasteiger partial charge in [-0.1, -0.05) is 0 Å². The van der Waals surface area contributed by atoms with Crippen LogP contribution < -0.4 is 0 Å². The Morgan fingerprint density at radius 1 is 1.50 bits per heavy atom. The molecule has 0 spiro atoms. The summed E-state index contributed by atoms with van der Waals surface area (Å²) in [5, 5.41) is 11.6. The summed E-state index contributed by atoms with van der Waals surface area (Å²) in [6.07, 6.45) is 2.42. The lowest BCUT2D eigenvalue weighted by atomic mass is 10.4. The molecule has 0 saturated carbocycles. The molecule has 1 heterocycles. The van der Waals surface area contributed by atoms with E-state index in [0.717, 1.165) is 16.8 Å². The molecule has 0 atom stereocenters. The van der Waals surface area contributed by atoms with Gasteiger partial charge in [-0.3, -0.25) is 4.79 Å². The topological polar surface area (TPSA) is 73.3 Å². The zero-order chi connectivity index (χ0) is 8.97. The molecule has 0 aliphatic carbocycles. The minimum Gasteiger partial charge on any atom is -0.261 e. The summed E-state index contributed by atoms with van der Waals surface area (Å²) < 4.78 is 0.992. The van der Waals surface area contributed by atoms with Crippen LogP contribution in [-0.4, -0.2) is 23.1 Å². The first kappa shape index (κ1) is 8.27. The van der Waals surface area contributed by atoms with Gasteiger partial charge in [-0.05, 0) is 4.70 Å². The lowest BCUT2D eigenvalue weighted by molar-refractivity contribution is -0.505. The Bertz CT molecular complexity index is 322. The van der Waals surface area contributed by atoms with E-state index in [0.29, 0.717) is 0 Å². The van der Waals surface area contributed by atoms with Gasteiger partial charge in [-0.2, -0.15) is 5.26 Å². The van der Waals surface area contributed by atoms with Crippen molar-refractivity contribution < 1.29 is 14.3 Å². The molecule has 2 amide bonds. The number of nitrogens with zero attached hydrogens (tertiary/aromatic N) is 3. The van der Waals surface area contributed by atoms with Crippen LogP contribution in [0, 0.1) is 11.3 Å². The van der Waals surface area contributed by atoms with Crippen molar-refractivity contribution in [3.63, 3.8) is 0 Å². The first-order chi connectivity index (χ1) is 5.74. The van der Waals surface area contributed by atoms with Crippen LogP contribution in [0.3, 0.4) is 0 Å². The van der Waals surface area contributed by atoms with Gasteiger partial charge in [-0.25, -0.2) is 4.79 Å². The summed E-state index contributed by atoms with van der Waals surface area (Å²) >= 11 is 0. The normalized spacial score (nSPS) is 15.8. The van der Waals surface area contributed by atoms with E-state index < -0.39 is 5.91 Å². The first-order valence-electron chi connectivity index (χ1n) is 3.36. The van der Waals surface area contributed by atoms with Crippen LogP contribution in [-0.2, 0) is 9.59 Å². The predicted molar refractivity (Wildman–Crippen MR) is 36.9 cm³/mol. The standard InChI is InChI=1S/C7H6N3O2/c8-4-1-5-10-7(12)3-2-6(11)9-10/h2-3H,1,5H2/q+1. The Hall–Kier alpha value is -1.83. The molecule has 5 nitrogen and oxygen atoms in total. The van der Waals surface area contributed by atoms with Gasteiger partial charge >= 0.3 is 11.8 Å². The highest BCUT2D eigenvalue weighted by Crippen LogP contribution is 1.95. The zero-order valence-corrected chi connectivity index (χ0v) is 6.23. The first-order valence-corrected chi connectivity index (χ1v) is 3.36. The second-order valence-corrected chi connectivity index (χ2v) is 2.14. The molecule has 1 rings (SSSR count). The molecular weight excluding hydrogens is 158 g/mol. The predicted octanol–water partition coefficient (Wildman–Crippen LogP) is -0.0122. The minimum absolute atomic E-state index is 0.172. The van der Waals surface area contributed by atoms with Crippen LogP contribution in [0.1, 0.15) is 6.42 Å². The van der Waals surface area contributed by atoms with Crippen molar-refractivity contribution in [3.8, 4) is 6.07 Å². The summed E-state index contributed by atoms with van der Waals surface area (Å²) in [7, 11) is 0. The highest BCUT2D eigenvalue weighted by molar-refractivity contribution is 5.96. The van der Waals surface area contributed by atoms with Gasteiger partial charge < -0.3 is 0 Å². The van der Waals surface area contributed by atoms with E-state index in [1.54, 1.807) is 0 Å². The lowest BCUT2D eigenvalue weighted by Crippen LogP contribution is -2.22. The molecule has 12 heavy (non-hydrogen) atoms. The molecular formula is C7H6N3O2+. The van der Waals surface area contributed by atoms with Crippen LogP contribution in [0.25, 0.3) is 0 Å². The number of carbonyl (C=O) groups is 2. The Labute approximate surface area is 68.6 Å². The van der Waals surface area contributed by atoms with Gasteiger partial charge in [0.05, 0.1) is 18.6 Å². The van der Waals surface area contributed by atoms with Gasteiger partial charge in [-0.15, -0.1) is 0 Å². The van der Waals surface area contributed by atoms with E-state index in [1.807, 2.05) is 6.07 Å². The van der Waals surface area contributed by atoms with Crippen LogP contribution >= 0.6 is 0 Å². The molecule has 1 aliphatic heterocycles. The number of hydrogen-bond acceptors (Lipinski definition) is 3. The fourth-order valence-corrected chi connectivity index (χ4v) is 0.746. The summed E-state index contributed by atoms with van der Waals surface area (Å²) in [6, 6.07) is 1.86. The summed E-state index contributed by atoms with van der Waals surface area (Å²) in [5.41, 5.74) is 0. The number of hydrogen-bond donors (Lipinski definition) is 0. The Morgan fingerprint density at radius 2 is 2.25 bits per heavy atom. The van der Waals surface area contributed by atoms with Crippen molar-refractivity contribution in [3.05, 3.63) is 12.2 Å². The molecule has 0 aromatic rings. The fourth-order valence-electron chi connectivity index (χ4n) is 0.746. The van der Waals surface area contributed by atoms with E-state index in [4.69, 9.17) is 5.26 Å². The average molecular weight is 164 g/mol. The van der Waals surface area contributed by atoms with Crippen molar-refractivity contribution in [2.45, 2.75) is 6.42 Å².